The summed E-state index contributed by atoms with van der Waals surface area (Å²) in [7, 11) is 0.116. The van der Waals surface area contributed by atoms with Gasteiger partial charge in [0.05, 0.1) is 13.2 Å². The van der Waals surface area contributed by atoms with Gasteiger partial charge in [0.25, 0.3) is 0 Å². The van der Waals surface area contributed by atoms with Crippen LogP contribution >= 0.6 is 7.92 Å². The van der Waals surface area contributed by atoms with E-state index in [1.54, 1.807) is 0 Å². The van der Waals surface area contributed by atoms with Crippen molar-refractivity contribution in [2.45, 2.75) is 70.0 Å². The molecule has 2 rings (SSSR count). The highest BCUT2D eigenvalue weighted by molar-refractivity contribution is 7.60. The summed E-state index contributed by atoms with van der Waals surface area (Å²) >= 11 is 0. The topological polar surface area (TPSA) is 18.5 Å². The molecule has 3 heteroatoms. The van der Waals surface area contributed by atoms with E-state index in [9.17, 15) is 0 Å². The van der Waals surface area contributed by atoms with Crippen LogP contribution in [0.25, 0.3) is 0 Å². The molecule has 2 nitrogen and oxygen atoms in total. The smallest absolute Gasteiger partial charge is 0.169 e. The van der Waals surface area contributed by atoms with Crippen molar-refractivity contribution in [2.24, 2.45) is 0 Å². The highest BCUT2D eigenvalue weighted by atomic mass is 31.1. The molecule has 3 atom stereocenters. The van der Waals surface area contributed by atoms with Crippen LogP contribution in [0.15, 0.2) is 0 Å². The Kier molecular flexibility index (Phi) is 4.17. The second-order valence-corrected chi connectivity index (χ2v) is 9.40. The van der Waals surface area contributed by atoms with Crippen molar-refractivity contribution >= 4 is 7.92 Å². The first kappa shape index (κ1) is 13.8. The lowest BCUT2D eigenvalue weighted by molar-refractivity contribution is -0.174. The van der Waals surface area contributed by atoms with E-state index < -0.39 is 0 Å². The minimum Gasteiger partial charge on any atom is -0.347 e. The third-order valence-corrected chi connectivity index (χ3v) is 8.12. The third-order valence-electron chi connectivity index (χ3n) is 4.42. The van der Waals surface area contributed by atoms with Crippen LogP contribution in [0.2, 0.25) is 0 Å². The predicted octanol–water partition coefficient (Wildman–Crippen LogP) is 3.97. The molecule has 0 aromatic carbocycles. The predicted molar refractivity (Wildman–Crippen MR) is 74.1 cm³/mol. The quantitative estimate of drug-likeness (QED) is 0.713. The lowest BCUT2D eigenvalue weighted by Gasteiger charge is -2.51. The molecule has 0 aliphatic carbocycles. The van der Waals surface area contributed by atoms with Crippen LogP contribution in [-0.2, 0) is 9.47 Å². The molecule has 17 heavy (non-hydrogen) atoms. The van der Waals surface area contributed by atoms with Crippen molar-refractivity contribution in [1.82, 2.24) is 0 Å². The third kappa shape index (κ3) is 2.55. The van der Waals surface area contributed by atoms with Gasteiger partial charge in [-0.05, 0) is 23.4 Å². The van der Waals surface area contributed by atoms with Crippen LogP contribution in [0.1, 0.15) is 53.4 Å². The van der Waals surface area contributed by atoms with Crippen molar-refractivity contribution in [3.05, 3.63) is 0 Å². The van der Waals surface area contributed by atoms with E-state index in [1.807, 2.05) is 0 Å². The maximum atomic E-state index is 5.97. The van der Waals surface area contributed by atoms with E-state index in [1.165, 1.54) is 19.0 Å². The van der Waals surface area contributed by atoms with E-state index in [0.717, 1.165) is 31.7 Å². The Morgan fingerprint density at radius 3 is 2.41 bits per heavy atom. The SMILES string of the molecule is CCCC1(C)CC2(CC(C)P1CC)OCCO2. The first-order valence-electron chi connectivity index (χ1n) is 7.10. The molecule has 2 heterocycles. The van der Waals surface area contributed by atoms with Gasteiger partial charge in [-0.2, -0.15) is 0 Å². The molecule has 3 unspecified atom stereocenters. The molecule has 2 aliphatic heterocycles. The van der Waals surface area contributed by atoms with Crippen molar-refractivity contribution in [2.75, 3.05) is 19.4 Å². The Morgan fingerprint density at radius 1 is 1.24 bits per heavy atom. The standard InChI is InChI=1S/C14H27O2P/c1-5-7-13(4)11-14(15-8-9-16-14)10-12(3)17(13)6-2/h12H,5-11H2,1-4H3. The molecule has 0 N–H and O–H groups in total. The maximum Gasteiger partial charge on any atom is 0.169 e. The molecule has 2 saturated heterocycles. The van der Waals surface area contributed by atoms with Gasteiger partial charge in [-0.15, -0.1) is 0 Å². The fourth-order valence-corrected chi connectivity index (χ4v) is 7.93. The zero-order valence-corrected chi connectivity index (χ0v) is 12.7. The monoisotopic (exact) mass is 258 g/mol. The Labute approximate surface area is 107 Å². The molecule has 0 saturated carbocycles. The average Bonchev–Trinajstić information content (AvgIpc) is 2.65. The Bertz CT molecular complexity index is 263. The minimum absolute atomic E-state index is 0.116. The van der Waals surface area contributed by atoms with Crippen LogP contribution in [0.5, 0.6) is 0 Å². The molecule has 0 amide bonds. The van der Waals surface area contributed by atoms with Crippen molar-refractivity contribution < 1.29 is 9.47 Å². The number of hydrogen-bond donors (Lipinski definition) is 0. The minimum atomic E-state index is -0.225. The highest BCUT2D eigenvalue weighted by Crippen LogP contribution is 2.64. The summed E-state index contributed by atoms with van der Waals surface area (Å²) in [6, 6.07) is 0. The Hall–Kier alpha value is 0.350. The molecule has 1 spiro atoms. The van der Waals surface area contributed by atoms with Crippen LogP contribution in [-0.4, -0.2) is 36.0 Å². The van der Waals surface area contributed by atoms with Crippen molar-refractivity contribution in [3.8, 4) is 0 Å². The molecule has 100 valence electrons. The van der Waals surface area contributed by atoms with Gasteiger partial charge >= 0.3 is 0 Å². The number of rotatable bonds is 3. The fourth-order valence-electron chi connectivity index (χ4n) is 4.03. The Morgan fingerprint density at radius 2 is 1.88 bits per heavy atom. The molecular formula is C14H27O2P. The summed E-state index contributed by atoms with van der Waals surface area (Å²) in [6.07, 6.45) is 6.19. The largest absolute Gasteiger partial charge is 0.347 e. The molecule has 0 aromatic rings. The summed E-state index contributed by atoms with van der Waals surface area (Å²) in [5.41, 5.74) is 0.776. The normalized spacial score (nSPS) is 40.9. The zero-order valence-electron chi connectivity index (χ0n) is 11.8. The van der Waals surface area contributed by atoms with Crippen molar-refractivity contribution in [1.29, 1.82) is 0 Å². The maximum absolute atomic E-state index is 5.97. The van der Waals surface area contributed by atoms with Crippen molar-refractivity contribution in [3.63, 3.8) is 0 Å². The van der Waals surface area contributed by atoms with Gasteiger partial charge in [-0.25, -0.2) is 0 Å². The summed E-state index contributed by atoms with van der Waals surface area (Å²) in [4.78, 5) is 0. The molecular weight excluding hydrogens is 231 g/mol. The summed E-state index contributed by atoms with van der Waals surface area (Å²) < 4.78 is 11.9. The summed E-state index contributed by atoms with van der Waals surface area (Å²) in [5, 5.41) is 0.459. The number of ether oxygens (including phenoxy) is 2. The lowest BCUT2D eigenvalue weighted by atomic mass is 9.91. The van der Waals surface area contributed by atoms with Crippen LogP contribution < -0.4 is 0 Å². The molecule has 0 bridgehead atoms. The van der Waals surface area contributed by atoms with Crippen LogP contribution in [0.4, 0.5) is 0 Å². The summed E-state index contributed by atoms with van der Waals surface area (Å²) in [6.45, 7) is 11.1. The van der Waals surface area contributed by atoms with Gasteiger partial charge in [0.15, 0.2) is 5.79 Å². The van der Waals surface area contributed by atoms with E-state index in [0.29, 0.717) is 5.16 Å². The lowest BCUT2D eigenvalue weighted by Crippen LogP contribution is -2.47. The van der Waals surface area contributed by atoms with Gasteiger partial charge in [-0.3, -0.25) is 0 Å². The second-order valence-electron chi connectivity index (χ2n) is 5.87. The first-order valence-corrected chi connectivity index (χ1v) is 8.69. The van der Waals surface area contributed by atoms with Crippen LogP contribution in [0, 0.1) is 0 Å². The van der Waals surface area contributed by atoms with Gasteiger partial charge < -0.3 is 9.47 Å². The Balaban J connectivity index is 2.20. The van der Waals surface area contributed by atoms with E-state index in [2.05, 4.69) is 27.7 Å². The fraction of sp³-hybridized carbons (Fsp3) is 1.00. The summed E-state index contributed by atoms with van der Waals surface area (Å²) in [5.74, 6) is -0.225. The molecule has 0 aromatic heterocycles. The zero-order chi connectivity index (χ0) is 12.5. The van der Waals surface area contributed by atoms with Gasteiger partial charge in [0.1, 0.15) is 0 Å². The van der Waals surface area contributed by atoms with Crippen LogP contribution in [0.3, 0.4) is 0 Å². The van der Waals surface area contributed by atoms with E-state index >= 15 is 0 Å². The first-order chi connectivity index (χ1) is 8.05. The highest BCUT2D eigenvalue weighted by Gasteiger charge is 2.52. The van der Waals surface area contributed by atoms with E-state index in [4.69, 9.17) is 9.47 Å². The second kappa shape index (κ2) is 5.15. The molecule has 2 fully saturated rings. The number of hydrogen-bond acceptors (Lipinski definition) is 2. The average molecular weight is 258 g/mol. The van der Waals surface area contributed by atoms with Gasteiger partial charge in [-0.1, -0.05) is 42.0 Å². The van der Waals surface area contributed by atoms with E-state index in [-0.39, 0.29) is 13.7 Å². The molecule has 0 radical (unpaired) electrons. The van der Waals surface area contributed by atoms with Gasteiger partial charge in [0.2, 0.25) is 0 Å². The van der Waals surface area contributed by atoms with Gasteiger partial charge in [0, 0.05) is 12.8 Å². The molecule has 2 aliphatic rings.